The summed E-state index contributed by atoms with van der Waals surface area (Å²) in [4.78, 5) is 50.4. The smallest absolute Gasteiger partial charge is 0.346 e. The van der Waals surface area contributed by atoms with Crippen molar-refractivity contribution >= 4 is 35.2 Å². The second kappa shape index (κ2) is 8.31. The normalized spacial score (nSPS) is 28.2. The van der Waals surface area contributed by atoms with Gasteiger partial charge in [-0.2, -0.15) is 8.78 Å². The minimum atomic E-state index is -4.30. The molecule has 2 aliphatic heterocycles. The molecule has 2 N–H and O–H groups in total. The summed E-state index contributed by atoms with van der Waals surface area (Å²) in [6, 6.07) is 3.76. The summed E-state index contributed by atoms with van der Waals surface area (Å²) in [5.74, 6) is -10.3. The van der Waals surface area contributed by atoms with Gasteiger partial charge in [-0.25, -0.2) is 0 Å². The molecular weight excluding hydrogens is 444 g/mol. The lowest BCUT2D eigenvalue weighted by atomic mass is 10.0. The Kier molecular flexibility index (Phi) is 3.81. The minimum absolute atomic E-state index is 0.0691. The maximum atomic E-state index is 14.8. The molecule has 0 aromatic heterocycles. The molecule has 0 aliphatic carbocycles. The zero-order chi connectivity index (χ0) is 29.3. The third-order valence-electron chi connectivity index (χ3n) is 4.73. The van der Waals surface area contributed by atoms with E-state index in [0.717, 1.165) is 42.5 Å². The molecule has 2 heterocycles. The number of halogens is 3. The Morgan fingerprint density at radius 2 is 2.03 bits per heavy atom. The number of carbonyl (C=O) groups is 4. The van der Waals surface area contributed by atoms with Crippen LogP contribution in [0.25, 0.3) is 0 Å². The number of imide groups is 1. The van der Waals surface area contributed by atoms with Gasteiger partial charge in [0.1, 0.15) is 6.02 Å². The molecule has 10 heteroatoms. The second-order valence-corrected chi connectivity index (χ2v) is 7.27. The van der Waals surface area contributed by atoms with Gasteiger partial charge in [0.2, 0.25) is 11.8 Å². The number of hydrogen-bond acceptors (Lipinski definition) is 4. The Balaban J connectivity index is 1.65. The molecular formula is C22H18ClF2N3O4. The fourth-order valence-corrected chi connectivity index (χ4v) is 3.27. The van der Waals surface area contributed by atoms with Gasteiger partial charge in [-0.15, -0.1) is 0 Å². The molecule has 166 valence electrons. The van der Waals surface area contributed by atoms with E-state index in [4.69, 9.17) is 21.2 Å². The molecule has 4 rings (SSSR count). The van der Waals surface area contributed by atoms with E-state index in [2.05, 4.69) is 0 Å². The van der Waals surface area contributed by atoms with Crippen molar-refractivity contribution in [2.75, 3.05) is 0 Å². The molecule has 0 saturated carbocycles. The van der Waals surface area contributed by atoms with Gasteiger partial charge in [-0.3, -0.25) is 24.5 Å². The van der Waals surface area contributed by atoms with Crippen molar-refractivity contribution in [2.24, 2.45) is 0 Å². The van der Waals surface area contributed by atoms with Gasteiger partial charge in [0.15, 0.2) is 1.41 Å². The third kappa shape index (κ3) is 4.08. The summed E-state index contributed by atoms with van der Waals surface area (Å²) in [5.41, 5.74) is -1.60. The maximum absolute atomic E-state index is 14.8. The van der Waals surface area contributed by atoms with Gasteiger partial charge in [0.05, 0.1) is 4.11 Å². The summed E-state index contributed by atoms with van der Waals surface area (Å²) >= 11 is 5.68. The fourth-order valence-electron chi connectivity index (χ4n) is 3.15. The van der Waals surface area contributed by atoms with Crippen molar-refractivity contribution in [3.05, 3.63) is 69.7 Å². The molecule has 0 bridgehead atoms. The second-order valence-electron chi connectivity index (χ2n) is 6.83. The highest BCUT2D eigenvalue weighted by molar-refractivity contribution is 6.30. The number of rotatable bonds is 5. The molecule has 2 aliphatic rings. The van der Waals surface area contributed by atoms with Gasteiger partial charge in [-0.05, 0) is 35.7 Å². The first-order valence-electron chi connectivity index (χ1n) is 12.6. The van der Waals surface area contributed by atoms with Crippen LogP contribution in [0.3, 0.4) is 0 Å². The van der Waals surface area contributed by atoms with Crippen LogP contribution < -0.4 is 10.6 Å². The van der Waals surface area contributed by atoms with Crippen LogP contribution in [0.1, 0.15) is 48.0 Å². The van der Waals surface area contributed by atoms with Crippen LogP contribution in [0.15, 0.2) is 42.5 Å². The van der Waals surface area contributed by atoms with E-state index in [0.29, 0.717) is 4.90 Å². The number of piperidine rings is 1. The summed E-state index contributed by atoms with van der Waals surface area (Å²) in [7, 11) is 0. The molecule has 7 nitrogen and oxygen atoms in total. The average molecular weight is 469 g/mol. The number of nitrogens with one attached hydrogen (secondary N) is 2. The van der Waals surface area contributed by atoms with Gasteiger partial charge < -0.3 is 10.2 Å². The van der Waals surface area contributed by atoms with Crippen molar-refractivity contribution < 1.29 is 37.6 Å². The zero-order valence-electron chi connectivity index (χ0n) is 23.0. The molecule has 0 radical (unpaired) electrons. The first kappa shape index (κ1) is 14.7. The summed E-state index contributed by atoms with van der Waals surface area (Å²) in [6.45, 7) is -3.81. The Hall–Kier alpha value is -3.33. The highest BCUT2D eigenvalue weighted by Gasteiger charge is 2.41. The summed E-state index contributed by atoms with van der Waals surface area (Å²) < 4.78 is 86.5. The van der Waals surface area contributed by atoms with Gasteiger partial charge >= 0.3 is 5.92 Å². The Bertz CT molecular complexity index is 1410. The summed E-state index contributed by atoms with van der Waals surface area (Å²) in [5, 5.41) is 1.26. The van der Waals surface area contributed by atoms with E-state index in [9.17, 15) is 28.0 Å². The number of amides is 4. The van der Waals surface area contributed by atoms with E-state index in [1.54, 1.807) is 5.32 Å². The number of hydrogen-bond donors (Lipinski definition) is 2. The molecule has 2 aromatic rings. The molecule has 0 spiro atoms. The molecule has 1 unspecified atom stereocenters. The predicted molar refractivity (Wildman–Crippen MR) is 110 cm³/mol. The number of alkyl halides is 2. The van der Waals surface area contributed by atoms with Gasteiger partial charge in [-0.1, -0.05) is 35.9 Å². The maximum Gasteiger partial charge on any atom is 0.349 e. The Morgan fingerprint density at radius 1 is 1.31 bits per heavy atom. The number of fused-ring (bicyclic) bond motifs is 1. The van der Waals surface area contributed by atoms with Gasteiger partial charge in [0, 0.05) is 39.7 Å². The van der Waals surface area contributed by atoms with Crippen LogP contribution in [0, 0.1) is 0 Å². The molecule has 32 heavy (non-hydrogen) atoms. The topological polar surface area (TPSA) is 95.6 Å². The molecule has 4 amide bonds. The van der Waals surface area contributed by atoms with E-state index in [-0.39, 0.29) is 16.1 Å². The number of benzene rings is 2. The largest absolute Gasteiger partial charge is 0.349 e. The van der Waals surface area contributed by atoms with Gasteiger partial charge in [0.25, 0.3) is 11.8 Å². The lowest BCUT2D eigenvalue weighted by Crippen LogP contribution is -2.52. The Labute approximate surface area is 196 Å². The predicted octanol–water partition coefficient (Wildman–Crippen LogP) is 2.51. The highest BCUT2D eigenvalue weighted by atomic mass is 35.5. The quantitative estimate of drug-likeness (QED) is 0.659. The van der Waals surface area contributed by atoms with E-state index in [1.165, 1.54) is 0 Å². The average Bonchev–Trinajstić information content (AvgIpc) is 3.21. The first-order valence-corrected chi connectivity index (χ1v) is 9.46. The number of nitrogens with zero attached hydrogens (tertiary/aromatic N) is 1. The lowest BCUT2D eigenvalue weighted by Gasteiger charge is -2.29. The molecule has 1 saturated heterocycles. The van der Waals surface area contributed by atoms with E-state index >= 15 is 0 Å². The van der Waals surface area contributed by atoms with Crippen molar-refractivity contribution in [3.8, 4) is 0 Å². The molecule has 1 fully saturated rings. The molecule has 2 atom stereocenters. The SMILES string of the molecule is [2H]C1C(=O)NC(=O)[C@]([2H])(N2Cc3cc(C([2H])([2H])N([2H])C(=O)C(F)(F)c4ccc(Cl)cc4)ccc3C2=O)C1([2H])[2H]. The van der Waals surface area contributed by atoms with Crippen molar-refractivity contribution in [2.45, 2.75) is 37.8 Å². The van der Waals surface area contributed by atoms with E-state index in [1.807, 2.05) is 0 Å². The van der Waals surface area contributed by atoms with Crippen molar-refractivity contribution in [1.29, 1.82) is 0 Å². The fraction of sp³-hybridized carbons (Fsp3) is 0.273. The minimum Gasteiger partial charge on any atom is -0.346 e. The zero-order valence-corrected chi connectivity index (χ0v) is 16.7. The van der Waals surface area contributed by atoms with Crippen LogP contribution in [0.4, 0.5) is 8.78 Å². The van der Waals surface area contributed by atoms with E-state index < -0.39 is 77.8 Å². The van der Waals surface area contributed by atoms with Crippen LogP contribution in [-0.2, 0) is 33.3 Å². The molecule has 2 aromatic carbocycles. The van der Waals surface area contributed by atoms with Crippen molar-refractivity contribution in [3.63, 3.8) is 0 Å². The van der Waals surface area contributed by atoms with Crippen molar-refractivity contribution in [1.82, 2.24) is 15.5 Å². The first-order chi connectivity index (χ1) is 17.9. The standard InChI is InChI=1S/C22H18ClF2N3O4/c23-15-4-2-14(3-5-15)22(24,25)21(32)26-10-12-1-6-16-13(9-12)11-28(20(16)31)17-7-8-18(29)27-19(17)30/h1-6,9,17H,7-8,10-11H2,(H,26,32)(H,27,29,30)/t17-/m1/s1/i7D2,8D,10D2,17D/hD/t8?,17-. The van der Waals surface area contributed by atoms with Crippen LogP contribution in [-0.4, -0.2) is 34.5 Å². The highest BCUT2D eigenvalue weighted by Crippen LogP contribution is 2.30. The number of carbonyl (C=O) groups excluding carboxylic acids is 4. The van der Waals surface area contributed by atoms with Crippen LogP contribution >= 0.6 is 11.6 Å². The van der Waals surface area contributed by atoms with Crippen LogP contribution in [0.5, 0.6) is 0 Å². The van der Waals surface area contributed by atoms with Crippen LogP contribution in [0.2, 0.25) is 6.43 Å². The summed E-state index contributed by atoms with van der Waals surface area (Å²) in [6.07, 6.45) is -5.36. The Morgan fingerprint density at radius 3 is 2.75 bits per heavy atom. The lowest BCUT2D eigenvalue weighted by molar-refractivity contribution is -0.147. The third-order valence-corrected chi connectivity index (χ3v) is 4.98. The monoisotopic (exact) mass is 468 g/mol.